The highest BCUT2D eigenvalue weighted by Crippen LogP contribution is 2.13. The van der Waals surface area contributed by atoms with Gasteiger partial charge < -0.3 is 10.2 Å². The summed E-state index contributed by atoms with van der Waals surface area (Å²) in [7, 11) is 2.11. The van der Waals surface area contributed by atoms with Gasteiger partial charge in [0.15, 0.2) is 0 Å². The van der Waals surface area contributed by atoms with Gasteiger partial charge in [-0.2, -0.15) is 0 Å². The summed E-state index contributed by atoms with van der Waals surface area (Å²) >= 11 is 1.56. The minimum Gasteiger partial charge on any atom is -0.353 e. The Hall–Kier alpha value is -1.07. The summed E-state index contributed by atoms with van der Waals surface area (Å²) in [5.41, 5.74) is 1.04. The Morgan fingerprint density at radius 2 is 2.00 bits per heavy atom. The van der Waals surface area contributed by atoms with Crippen LogP contribution in [0.1, 0.15) is 18.4 Å². The lowest BCUT2D eigenvalue weighted by Gasteiger charge is -2.29. The molecular formula is C15H21FN2OS. The van der Waals surface area contributed by atoms with Gasteiger partial charge >= 0.3 is 0 Å². The van der Waals surface area contributed by atoms with Crippen LogP contribution in [0.3, 0.4) is 0 Å². The van der Waals surface area contributed by atoms with E-state index in [4.69, 9.17) is 0 Å². The first-order valence-electron chi connectivity index (χ1n) is 6.93. The maximum absolute atomic E-state index is 12.8. The lowest BCUT2D eigenvalue weighted by Crippen LogP contribution is -2.43. The van der Waals surface area contributed by atoms with Crippen molar-refractivity contribution < 1.29 is 9.18 Å². The highest BCUT2D eigenvalue weighted by Gasteiger charge is 2.18. The van der Waals surface area contributed by atoms with Gasteiger partial charge in [0.25, 0.3) is 0 Å². The smallest absolute Gasteiger partial charge is 0.230 e. The Morgan fingerprint density at radius 3 is 2.65 bits per heavy atom. The molecule has 0 unspecified atom stereocenters. The standard InChI is InChI=1S/C15H21FN2OS/c1-18-8-6-14(7-9-18)17-15(19)11-20-10-12-2-4-13(16)5-3-12/h2-5,14H,6-11H2,1H3,(H,17,19). The number of hydrogen-bond donors (Lipinski definition) is 1. The minimum absolute atomic E-state index is 0.103. The zero-order valence-corrected chi connectivity index (χ0v) is 12.6. The Kier molecular flexibility index (Phi) is 5.86. The Balaban J connectivity index is 1.64. The van der Waals surface area contributed by atoms with Crippen molar-refractivity contribution in [1.82, 2.24) is 10.2 Å². The molecule has 20 heavy (non-hydrogen) atoms. The third-order valence-electron chi connectivity index (χ3n) is 3.50. The highest BCUT2D eigenvalue weighted by molar-refractivity contribution is 7.99. The number of benzene rings is 1. The predicted octanol–water partition coefficient (Wildman–Crippen LogP) is 2.27. The first-order valence-corrected chi connectivity index (χ1v) is 8.09. The second-order valence-electron chi connectivity index (χ2n) is 5.26. The van der Waals surface area contributed by atoms with Gasteiger partial charge in [0.1, 0.15) is 5.82 Å². The quantitative estimate of drug-likeness (QED) is 0.904. The summed E-state index contributed by atoms with van der Waals surface area (Å²) in [5, 5.41) is 3.09. The Labute approximate surface area is 123 Å². The van der Waals surface area contributed by atoms with E-state index in [1.54, 1.807) is 23.9 Å². The number of hydrogen-bond acceptors (Lipinski definition) is 3. The molecule has 1 heterocycles. The normalized spacial score (nSPS) is 17.1. The van der Waals surface area contributed by atoms with E-state index in [1.165, 1.54) is 12.1 Å². The van der Waals surface area contributed by atoms with Crippen LogP contribution in [0.25, 0.3) is 0 Å². The van der Waals surface area contributed by atoms with E-state index in [2.05, 4.69) is 17.3 Å². The molecule has 0 bridgehead atoms. The fraction of sp³-hybridized carbons (Fsp3) is 0.533. The molecule has 1 fully saturated rings. The molecule has 5 heteroatoms. The van der Waals surface area contributed by atoms with Crippen molar-refractivity contribution in [2.45, 2.75) is 24.6 Å². The summed E-state index contributed by atoms with van der Waals surface area (Å²) in [6.45, 7) is 2.10. The third-order valence-corrected chi connectivity index (χ3v) is 4.50. The summed E-state index contributed by atoms with van der Waals surface area (Å²) in [5.74, 6) is 1.08. The maximum Gasteiger partial charge on any atom is 0.230 e. The van der Waals surface area contributed by atoms with Gasteiger partial charge in [0.05, 0.1) is 5.75 Å². The Bertz CT molecular complexity index is 430. The molecule has 110 valence electrons. The van der Waals surface area contributed by atoms with Crippen LogP contribution in [-0.4, -0.2) is 42.7 Å². The van der Waals surface area contributed by atoms with Gasteiger partial charge in [-0.25, -0.2) is 4.39 Å². The molecule has 1 aromatic carbocycles. The number of piperidine rings is 1. The molecule has 0 aromatic heterocycles. The number of carbonyl (C=O) groups is 1. The monoisotopic (exact) mass is 296 g/mol. The molecule has 0 radical (unpaired) electrons. The number of amides is 1. The van der Waals surface area contributed by atoms with Crippen LogP contribution in [0, 0.1) is 5.82 Å². The van der Waals surface area contributed by atoms with Crippen molar-refractivity contribution in [2.75, 3.05) is 25.9 Å². The van der Waals surface area contributed by atoms with Gasteiger partial charge in [-0.05, 0) is 50.7 Å². The maximum atomic E-state index is 12.8. The number of likely N-dealkylation sites (tertiary alicyclic amines) is 1. The fourth-order valence-electron chi connectivity index (χ4n) is 2.26. The van der Waals surface area contributed by atoms with E-state index in [1.807, 2.05) is 0 Å². The highest BCUT2D eigenvalue weighted by atomic mass is 32.2. The van der Waals surface area contributed by atoms with Gasteiger partial charge in [-0.1, -0.05) is 12.1 Å². The lowest BCUT2D eigenvalue weighted by atomic mass is 10.1. The molecule has 1 aliphatic rings. The fourth-order valence-corrected chi connectivity index (χ4v) is 3.06. The summed E-state index contributed by atoms with van der Waals surface area (Å²) in [6, 6.07) is 6.75. The van der Waals surface area contributed by atoms with Crippen LogP contribution in [-0.2, 0) is 10.5 Å². The molecule has 3 nitrogen and oxygen atoms in total. The number of carbonyl (C=O) groups excluding carboxylic acids is 1. The zero-order chi connectivity index (χ0) is 14.4. The van der Waals surface area contributed by atoms with Crippen molar-refractivity contribution in [3.05, 3.63) is 35.6 Å². The first kappa shape index (κ1) is 15.3. The van der Waals surface area contributed by atoms with Crippen LogP contribution in [0.4, 0.5) is 4.39 Å². The van der Waals surface area contributed by atoms with Crippen LogP contribution in [0.15, 0.2) is 24.3 Å². The molecule has 0 aliphatic carbocycles. The van der Waals surface area contributed by atoms with Gasteiger partial charge in [0.2, 0.25) is 5.91 Å². The largest absolute Gasteiger partial charge is 0.353 e. The van der Waals surface area contributed by atoms with Crippen molar-refractivity contribution >= 4 is 17.7 Å². The van der Waals surface area contributed by atoms with E-state index in [0.29, 0.717) is 11.8 Å². The Morgan fingerprint density at radius 1 is 1.35 bits per heavy atom. The van der Waals surface area contributed by atoms with Crippen LogP contribution in [0.2, 0.25) is 0 Å². The molecule has 0 atom stereocenters. The molecule has 1 aliphatic heterocycles. The van der Waals surface area contributed by atoms with Gasteiger partial charge in [0, 0.05) is 11.8 Å². The zero-order valence-electron chi connectivity index (χ0n) is 11.8. The topological polar surface area (TPSA) is 32.3 Å². The van der Waals surface area contributed by atoms with Crippen molar-refractivity contribution in [3.8, 4) is 0 Å². The number of nitrogens with one attached hydrogen (secondary N) is 1. The molecule has 1 aromatic rings. The van der Waals surface area contributed by atoms with E-state index in [9.17, 15) is 9.18 Å². The molecule has 1 N–H and O–H groups in total. The number of rotatable bonds is 5. The average molecular weight is 296 g/mol. The van der Waals surface area contributed by atoms with E-state index in [0.717, 1.165) is 37.2 Å². The van der Waals surface area contributed by atoms with Crippen molar-refractivity contribution in [1.29, 1.82) is 0 Å². The van der Waals surface area contributed by atoms with E-state index in [-0.39, 0.29) is 11.7 Å². The molecule has 2 rings (SSSR count). The van der Waals surface area contributed by atoms with Crippen molar-refractivity contribution in [2.24, 2.45) is 0 Å². The van der Waals surface area contributed by atoms with E-state index >= 15 is 0 Å². The van der Waals surface area contributed by atoms with Crippen molar-refractivity contribution in [3.63, 3.8) is 0 Å². The average Bonchev–Trinajstić information content (AvgIpc) is 2.44. The lowest BCUT2D eigenvalue weighted by molar-refractivity contribution is -0.119. The van der Waals surface area contributed by atoms with Crippen LogP contribution in [0.5, 0.6) is 0 Å². The molecule has 0 saturated carbocycles. The SMILES string of the molecule is CN1CCC(NC(=O)CSCc2ccc(F)cc2)CC1. The first-order chi connectivity index (χ1) is 9.63. The number of nitrogens with zero attached hydrogens (tertiary/aromatic N) is 1. The van der Waals surface area contributed by atoms with Gasteiger partial charge in [-0.3, -0.25) is 4.79 Å². The molecule has 1 saturated heterocycles. The van der Waals surface area contributed by atoms with Crippen LogP contribution >= 0.6 is 11.8 Å². The van der Waals surface area contributed by atoms with E-state index < -0.39 is 0 Å². The second kappa shape index (κ2) is 7.64. The second-order valence-corrected chi connectivity index (χ2v) is 6.25. The molecule has 0 spiro atoms. The minimum atomic E-state index is -0.223. The summed E-state index contributed by atoms with van der Waals surface area (Å²) in [4.78, 5) is 14.1. The summed E-state index contributed by atoms with van der Waals surface area (Å²) < 4.78 is 12.8. The van der Waals surface area contributed by atoms with Gasteiger partial charge in [-0.15, -0.1) is 11.8 Å². The van der Waals surface area contributed by atoms with Crippen LogP contribution < -0.4 is 5.32 Å². The third kappa shape index (κ3) is 5.13. The molecule has 1 amide bonds. The number of halogens is 1. The predicted molar refractivity (Wildman–Crippen MR) is 81.2 cm³/mol. The summed E-state index contributed by atoms with van der Waals surface area (Å²) in [6.07, 6.45) is 2.07. The molecular weight excluding hydrogens is 275 g/mol. The number of thioether (sulfide) groups is 1.